The van der Waals surface area contributed by atoms with Gasteiger partial charge in [-0.1, -0.05) is 58.3 Å². The number of carbonyl (C=O) groups is 1. The molecule has 0 atom stereocenters. The summed E-state index contributed by atoms with van der Waals surface area (Å²) in [6.45, 7) is 2.24. The lowest BCUT2D eigenvalue weighted by molar-refractivity contribution is -0.114. The van der Waals surface area contributed by atoms with Crippen LogP contribution in [0.15, 0.2) is 6.08 Å². The molecule has 2 heteroatoms. The minimum absolute atomic E-state index is 0.0398. The second kappa shape index (κ2) is 12.2. The normalized spacial score (nSPS) is 9.81. The molecule has 0 bridgehead atoms. The van der Waals surface area contributed by atoms with Gasteiger partial charge in [0.25, 0.3) is 0 Å². The summed E-state index contributed by atoms with van der Waals surface area (Å²) in [4.78, 5) is 11.0. The van der Waals surface area contributed by atoms with Crippen molar-refractivity contribution in [2.75, 3.05) is 0 Å². The van der Waals surface area contributed by atoms with Crippen LogP contribution in [0, 0.1) is 5.41 Å². The molecule has 0 aromatic carbocycles. The number of allylic oxidation sites excluding steroid dienone is 1. The van der Waals surface area contributed by atoms with Crippen molar-refractivity contribution in [2.24, 2.45) is 0 Å². The number of hydrogen-bond donors (Lipinski definition) is 1. The maximum Gasteiger partial charge on any atom is 0.164 e. The molecule has 0 fully saturated rings. The number of rotatable bonds is 11. The van der Waals surface area contributed by atoms with Crippen molar-refractivity contribution in [2.45, 2.75) is 71.1 Å². The van der Waals surface area contributed by atoms with Crippen molar-refractivity contribution in [1.29, 1.82) is 5.41 Å². The molecule has 1 N–H and O–H groups in total. The fraction of sp³-hybridized carbons (Fsp3) is 0.786. The van der Waals surface area contributed by atoms with E-state index in [-0.39, 0.29) is 5.78 Å². The highest BCUT2D eigenvalue weighted by molar-refractivity contribution is 5.96. The summed E-state index contributed by atoms with van der Waals surface area (Å²) >= 11 is 0. The number of carbonyl (C=O) groups excluding carboxylic acids is 1. The highest BCUT2D eigenvalue weighted by Crippen LogP contribution is 2.10. The summed E-state index contributed by atoms with van der Waals surface area (Å²) in [5.41, 5.74) is 0. The quantitative estimate of drug-likeness (QED) is 0.317. The van der Waals surface area contributed by atoms with E-state index in [0.717, 1.165) is 12.8 Å². The Morgan fingerprint density at radius 2 is 1.50 bits per heavy atom. The molecule has 0 aliphatic rings. The zero-order valence-corrected chi connectivity index (χ0v) is 10.6. The fourth-order valence-electron chi connectivity index (χ4n) is 1.76. The molecule has 92 valence electrons. The van der Waals surface area contributed by atoms with E-state index in [1.54, 1.807) is 0 Å². The van der Waals surface area contributed by atoms with Crippen LogP contribution in [0.2, 0.25) is 0 Å². The van der Waals surface area contributed by atoms with Crippen molar-refractivity contribution in [3.63, 3.8) is 0 Å². The molecule has 0 spiro atoms. The van der Waals surface area contributed by atoms with Gasteiger partial charge >= 0.3 is 0 Å². The first-order valence-corrected chi connectivity index (χ1v) is 6.59. The Hall–Kier alpha value is -0.880. The average Bonchev–Trinajstić information content (AvgIpc) is 2.27. The van der Waals surface area contributed by atoms with E-state index in [1.807, 2.05) is 5.87 Å². The molecule has 0 heterocycles. The summed E-state index contributed by atoms with van der Waals surface area (Å²) in [5, 5.41) is 6.63. The van der Waals surface area contributed by atoms with Gasteiger partial charge in [0.15, 0.2) is 5.78 Å². The van der Waals surface area contributed by atoms with Crippen LogP contribution in [0.5, 0.6) is 0 Å². The monoisotopic (exact) mass is 223 g/mol. The van der Waals surface area contributed by atoms with E-state index in [4.69, 9.17) is 5.41 Å². The molecule has 0 aromatic rings. The maximum absolute atomic E-state index is 11.0. The molecule has 2 nitrogen and oxygen atoms in total. The summed E-state index contributed by atoms with van der Waals surface area (Å²) in [5.74, 6) is 2.06. The van der Waals surface area contributed by atoms with Gasteiger partial charge in [-0.3, -0.25) is 10.2 Å². The molecule has 0 amide bonds. The first-order valence-electron chi connectivity index (χ1n) is 6.59. The summed E-state index contributed by atoms with van der Waals surface area (Å²) < 4.78 is 0. The van der Waals surface area contributed by atoms with Gasteiger partial charge in [0.2, 0.25) is 0 Å². The molecule has 0 unspecified atom stereocenters. The van der Waals surface area contributed by atoms with Crippen LogP contribution in [-0.4, -0.2) is 11.7 Å². The first kappa shape index (κ1) is 15.1. The van der Waals surface area contributed by atoms with Crippen molar-refractivity contribution in [1.82, 2.24) is 0 Å². The Kier molecular flexibility index (Phi) is 11.5. The molecular formula is C14H25NO. The first-order chi connectivity index (χ1) is 7.81. The highest BCUT2D eigenvalue weighted by atomic mass is 16.1. The molecular weight excluding hydrogens is 198 g/mol. The van der Waals surface area contributed by atoms with Crippen LogP contribution in [0.25, 0.3) is 0 Å². The molecule has 0 saturated heterocycles. The van der Waals surface area contributed by atoms with E-state index in [9.17, 15) is 4.79 Å². The lowest BCUT2D eigenvalue weighted by Crippen LogP contribution is -1.92. The van der Waals surface area contributed by atoms with Crippen LogP contribution < -0.4 is 0 Å². The SMILES string of the molecule is CCCCCCCCCCCC(=O)C=C=N. The Labute approximate surface area is 99.6 Å². The van der Waals surface area contributed by atoms with E-state index < -0.39 is 0 Å². The Balaban J connectivity index is 3.09. The average molecular weight is 223 g/mol. The standard InChI is InChI=1S/C14H25NO/c1-2-3-4-5-6-7-8-9-10-11-14(16)12-13-15/h12,15H,2-11H2,1H3. The van der Waals surface area contributed by atoms with Gasteiger partial charge in [-0.15, -0.1) is 0 Å². The number of hydrogen-bond acceptors (Lipinski definition) is 2. The number of nitrogens with one attached hydrogen (secondary N) is 1. The van der Waals surface area contributed by atoms with Gasteiger partial charge in [-0.2, -0.15) is 0 Å². The van der Waals surface area contributed by atoms with Crippen molar-refractivity contribution in [3.05, 3.63) is 6.08 Å². The molecule has 16 heavy (non-hydrogen) atoms. The molecule has 0 aliphatic heterocycles. The minimum Gasteiger partial charge on any atom is -0.294 e. The second-order valence-electron chi connectivity index (χ2n) is 4.33. The predicted octanol–water partition coefficient (Wildman–Crippen LogP) is 4.28. The van der Waals surface area contributed by atoms with Crippen LogP contribution in [0.3, 0.4) is 0 Å². The Morgan fingerprint density at radius 3 is 2.00 bits per heavy atom. The van der Waals surface area contributed by atoms with Crippen molar-refractivity contribution >= 4 is 11.7 Å². The molecule has 0 aromatic heterocycles. The maximum atomic E-state index is 11.0. The third kappa shape index (κ3) is 11.2. The Morgan fingerprint density at radius 1 is 1.00 bits per heavy atom. The van der Waals surface area contributed by atoms with Crippen LogP contribution >= 0.6 is 0 Å². The predicted molar refractivity (Wildman–Crippen MR) is 69.1 cm³/mol. The second-order valence-corrected chi connectivity index (χ2v) is 4.33. The third-order valence-electron chi connectivity index (χ3n) is 2.76. The minimum atomic E-state index is 0.0398. The van der Waals surface area contributed by atoms with Crippen LogP contribution in [0.4, 0.5) is 0 Å². The Bertz CT molecular complexity index is 217. The van der Waals surface area contributed by atoms with E-state index in [0.29, 0.717) is 6.42 Å². The van der Waals surface area contributed by atoms with Crippen molar-refractivity contribution < 1.29 is 4.79 Å². The van der Waals surface area contributed by atoms with Gasteiger partial charge in [0.1, 0.15) is 0 Å². The topological polar surface area (TPSA) is 40.9 Å². The van der Waals surface area contributed by atoms with Gasteiger partial charge < -0.3 is 0 Å². The molecule has 0 radical (unpaired) electrons. The zero-order valence-electron chi connectivity index (χ0n) is 10.6. The van der Waals surface area contributed by atoms with Crippen LogP contribution in [-0.2, 0) is 4.79 Å². The summed E-state index contributed by atoms with van der Waals surface area (Å²) in [7, 11) is 0. The van der Waals surface area contributed by atoms with Crippen LogP contribution in [0.1, 0.15) is 71.1 Å². The van der Waals surface area contributed by atoms with Crippen molar-refractivity contribution in [3.8, 4) is 0 Å². The summed E-state index contributed by atoms with van der Waals surface area (Å²) in [6.07, 6.45) is 13.2. The smallest absolute Gasteiger partial charge is 0.164 e. The summed E-state index contributed by atoms with van der Waals surface area (Å²) in [6, 6.07) is 0. The molecule has 0 rings (SSSR count). The molecule has 0 aliphatic carbocycles. The van der Waals surface area contributed by atoms with E-state index >= 15 is 0 Å². The highest BCUT2D eigenvalue weighted by Gasteiger charge is 1.96. The molecule has 0 saturated carbocycles. The van der Waals surface area contributed by atoms with Gasteiger partial charge in [0, 0.05) is 12.5 Å². The van der Waals surface area contributed by atoms with Gasteiger partial charge in [-0.05, 0) is 12.3 Å². The largest absolute Gasteiger partial charge is 0.294 e. The number of ketones is 1. The van der Waals surface area contributed by atoms with Gasteiger partial charge in [0.05, 0.1) is 0 Å². The lowest BCUT2D eigenvalue weighted by atomic mass is 10.1. The van der Waals surface area contributed by atoms with E-state index in [1.165, 1.54) is 51.0 Å². The lowest BCUT2D eigenvalue weighted by Gasteiger charge is -2.00. The van der Waals surface area contributed by atoms with Gasteiger partial charge in [-0.25, -0.2) is 0 Å². The number of unbranched alkanes of at least 4 members (excludes halogenated alkanes) is 8. The third-order valence-corrected chi connectivity index (χ3v) is 2.76. The zero-order chi connectivity index (χ0) is 12.1. The van der Waals surface area contributed by atoms with E-state index in [2.05, 4.69) is 6.92 Å². The fourth-order valence-corrected chi connectivity index (χ4v) is 1.76.